The minimum Gasteiger partial charge on any atom is -0.481 e. The molecule has 0 amide bonds. The second-order valence-electron chi connectivity index (χ2n) is 20.8. The molecule has 6 fully saturated rings. The maximum atomic E-state index is 13.1. The fourth-order valence-electron chi connectivity index (χ4n) is 13.8. The van der Waals surface area contributed by atoms with Gasteiger partial charge in [0.05, 0.1) is 18.8 Å². The Kier molecular flexibility index (Phi) is 11.0. The third-order valence-electron chi connectivity index (χ3n) is 17.2. The zero-order valence-corrected chi connectivity index (χ0v) is 34.3. The molecule has 0 spiro atoms. The number of aliphatic hydroxyl groups is 7. The Balaban J connectivity index is 1.14. The van der Waals surface area contributed by atoms with Crippen LogP contribution in [0.5, 0.6) is 0 Å². The Bertz CT molecular complexity index is 1600. The Morgan fingerprint density at radius 1 is 0.754 bits per heavy atom. The lowest BCUT2D eigenvalue weighted by Crippen LogP contribution is -2.68. The van der Waals surface area contributed by atoms with Crippen molar-refractivity contribution >= 4 is 11.9 Å². The van der Waals surface area contributed by atoms with Crippen LogP contribution < -0.4 is 0 Å². The van der Waals surface area contributed by atoms with E-state index in [-0.39, 0.29) is 34.0 Å². The molecule has 15 nitrogen and oxygen atoms in total. The van der Waals surface area contributed by atoms with Gasteiger partial charge in [-0.25, -0.2) is 4.79 Å². The van der Waals surface area contributed by atoms with Gasteiger partial charge in [-0.3, -0.25) is 4.79 Å². The number of carboxylic acids is 2. The minimum absolute atomic E-state index is 0.0451. The molecule has 0 aromatic heterocycles. The largest absolute Gasteiger partial charge is 0.481 e. The molecule has 7 rings (SSSR count). The molecule has 19 atom stereocenters. The number of allylic oxidation sites excluding steroid dienone is 2. The molecule has 324 valence electrons. The summed E-state index contributed by atoms with van der Waals surface area (Å²) in [6, 6.07) is 0. The van der Waals surface area contributed by atoms with Crippen LogP contribution in [-0.4, -0.2) is 138 Å². The summed E-state index contributed by atoms with van der Waals surface area (Å²) < 4.78 is 23.4. The molecule has 0 radical (unpaired) electrons. The second kappa shape index (κ2) is 14.4. The topological polar surface area (TPSA) is 253 Å². The van der Waals surface area contributed by atoms with E-state index in [2.05, 4.69) is 54.5 Å². The van der Waals surface area contributed by atoms with Crippen LogP contribution in [0.25, 0.3) is 0 Å². The van der Waals surface area contributed by atoms with Crippen LogP contribution >= 0.6 is 0 Å². The highest BCUT2D eigenvalue weighted by Crippen LogP contribution is 2.76. The molecule has 0 aromatic rings. The molecule has 7 aliphatic rings. The predicted octanol–water partition coefficient (Wildman–Crippen LogP) is 1.95. The average molecular weight is 811 g/mol. The second-order valence-corrected chi connectivity index (χ2v) is 20.8. The van der Waals surface area contributed by atoms with Crippen molar-refractivity contribution in [3.8, 4) is 0 Å². The van der Waals surface area contributed by atoms with Crippen molar-refractivity contribution in [1.29, 1.82) is 0 Å². The molecular weight excluding hydrogens is 744 g/mol. The number of aliphatic carboxylic acids is 2. The molecular formula is C42H66O15. The smallest absolute Gasteiger partial charge is 0.335 e. The van der Waals surface area contributed by atoms with Gasteiger partial charge in [-0.2, -0.15) is 0 Å². The highest BCUT2D eigenvalue weighted by Gasteiger charge is 2.71. The van der Waals surface area contributed by atoms with E-state index in [4.69, 9.17) is 18.9 Å². The van der Waals surface area contributed by atoms with Gasteiger partial charge in [-0.15, -0.1) is 0 Å². The monoisotopic (exact) mass is 810 g/mol. The van der Waals surface area contributed by atoms with Gasteiger partial charge in [0.1, 0.15) is 48.1 Å². The van der Waals surface area contributed by atoms with Gasteiger partial charge >= 0.3 is 11.9 Å². The van der Waals surface area contributed by atoms with Crippen molar-refractivity contribution in [3.05, 3.63) is 11.6 Å². The SMILES string of the molecule is CC1(C)CC[C@]2(C(=O)O)[C@H](O)C[C@]3(C)C(=CCC4[C@@]5(C)CC[C@H](O[C@@H]6O[C@H](C(=O)O)[C@@H](O)[C@H](O[C@@H]7O[C@H](CO)[C@@H](O)[C@H](O)[C@H]7O)[C@H]6O)C(C)(C)C5CC[C@]43C)[C@@H]2C1. The van der Waals surface area contributed by atoms with E-state index in [1.807, 2.05) is 0 Å². The number of carboxylic acid groups (broad SMARTS) is 2. The van der Waals surface area contributed by atoms with E-state index in [1.165, 1.54) is 5.57 Å². The lowest BCUT2D eigenvalue weighted by Gasteiger charge is -2.71. The van der Waals surface area contributed by atoms with Crippen LogP contribution in [0.2, 0.25) is 0 Å². The number of aliphatic hydroxyl groups excluding tert-OH is 7. The summed E-state index contributed by atoms with van der Waals surface area (Å²) in [6.07, 6.45) is -10.5. The normalized spacial score (nSPS) is 52.9. The van der Waals surface area contributed by atoms with Crippen molar-refractivity contribution in [2.75, 3.05) is 6.61 Å². The summed E-state index contributed by atoms with van der Waals surface area (Å²) in [4.78, 5) is 25.4. The number of hydrogen-bond acceptors (Lipinski definition) is 13. The predicted molar refractivity (Wildman–Crippen MR) is 200 cm³/mol. The summed E-state index contributed by atoms with van der Waals surface area (Å²) in [6.45, 7) is 14.9. The molecule has 2 unspecified atom stereocenters. The van der Waals surface area contributed by atoms with E-state index in [1.54, 1.807) is 0 Å². The number of rotatable bonds is 7. The first kappa shape index (κ1) is 43.3. The molecule has 0 aromatic carbocycles. The molecule has 0 bridgehead atoms. The van der Waals surface area contributed by atoms with Crippen LogP contribution in [-0.2, 0) is 28.5 Å². The Morgan fingerprint density at radius 2 is 1.42 bits per heavy atom. The van der Waals surface area contributed by atoms with Crippen molar-refractivity contribution in [2.45, 2.75) is 180 Å². The molecule has 15 heteroatoms. The van der Waals surface area contributed by atoms with Crippen LogP contribution in [0.1, 0.15) is 106 Å². The van der Waals surface area contributed by atoms with E-state index in [9.17, 15) is 55.5 Å². The van der Waals surface area contributed by atoms with Crippen molar-refractivity contribution in [2.24, 2.45) is 50.2 Å². The maximum Gasteiger partial charge on any atom is 0.335 e. The minimum atomic E-state index is -1.95. The first-order valence-corrected chi connectivity index (χ1v) is 20.9. The summed E-state index contributed by atoms with van der Waals surface area (Å²) in [7, 11) is 0. The third kappa shape index (κ3) is 6.30. The first-order chi connectivity index (χ1) is 26.4. The molecule has 57 heavy (non-hydrogen) atoms. The van der Waals surface area contributed by atoms with Gasteiger partial charge in [-0.05, 0) is 103 Å². The highest BCUT2D eigenvalue weighted by atomic mass is 16.7. The lowest BCUT2D eigenvalue weighted by atomic mass is 9.33. The zero-order valence-electron chi connectivity index (χ0n) is 34.3. The molecule has 2 saturated heterocycles. The van der Waals surface area contributed by atoms with Gasteiger partial charge in [0, 0.05) is 0 Å². The molecule has 9 N–H and O–H groups in total. The molecule has 2 heterocycles. The van der Waals surface area contributed by atoms with Gasteiger partial charge < -0.3 is 64.9 Å². The van der Waals surface area contributed by atoms with Crippen LogP contribution in [0, 0.1) is 50.2 Å². The number of ether oxygens (including phenoxy) is 4. The molecule has 2 aliphatic heterocycles. The summed E-state index contributed by atoms with van der Waals surface area (Å²) in [5.41, 5.74) is -1.40. The lowest BCUT2D eigenvalue weighted by molar-refractivity contribution is -0.365. The standard InChI is InChI=1S/C42H66O15/c1-37(2)14-15-42(36(52)53)20(16-37)19-8-9-23-39(5)12-11-25(38(3,4)22(39)10-13-40(23,6)41(19,7)17-24(42)44)55-35-30(49)31(29(48)32(57-35)33(50)51)56-34-28(47)27(46)26(45)21(18-43)54-34/h8,20-32,34-35,43-49H,9-18H2,1-7H3,(H,50,51)(H,52,53)/t20-,21+,22?,23?,24+,25-,26+,27-,28+,29-,30+,31-,32-,34-,35+,39-,40+,41+,42+/m0/s1. The average Bonchev–Trinajstić information content (AvgIpc) is 3.11. The van der Waals surface area contributed by atoms with Crippen molar-refractivity contribution in [1.82, 2.24) is 0 Å². The first-order valence-electron chi connectivity index (χ1n) is 20.9. The third-order valence-corrected chi connectivity index (χ3v) is 17.2. The number of hydrogen-bond donors (Lipinski definition) is 9. The number of fused-ring (bicyclic) bond motifs is 7. The van der Waals surface area contributed by atoms with E-state index >= 15 is 0 Å². The van der Waals surface area contributed by atoms with E-state index in [0.29, 0.717) is 25.7 Å². The van der Waals surface area contributed by atoms with E-state index in [0.717, 1.165) is 32.1 Å². The Morgan fingerprint density at radius 3 is 2.05 bits per heavy atom. The quantitative estimate of drug-likeness (QED) is 0.132. The summed E-state index contributed by atoms with van der Waals surface area (Å²) >= 11 is 0. The van der Waals surface area contributed by atoms with Gasteiger partial charge in [0.2, 0.25) is 0 Å². The van der Waals surface area contributed by atoms with Gasteiger partial charge in [0.15, 0.2) is 18.7 Å². The summed E-state index contributed by atoms with van der Waals surface area (Å²) in [5, 5.41) is 96.1. The Labute approximate surface area is 334 Å². The van der Waals surface area contributed by atoms with Crippen molar-refractivity contribution < 1.29 is 74.5 Å². The van der Waals surface area contributed by atoms with Crippen LogP contribution in [0.15, 0.2) is 11.6 Å². The Hall–Kier alpha value is -1.76. The molecule has 4 saturated carbocycles. The number of carbonyl (C=O) groups is 2. The maximum absolute atomic E-state index is 13.1. The van der Waals surface area contributed by atoms with Crippen molar-refractivity contribution in [3.63, 3.8) is 0 Å². The highest BCUT2D eigenvalue weighted by molar-refractivity contribution is 5.77. The fraction of sp³-hybridized carbons (Fsp3) is 0.905. The molecule has 5 aliphatic carbocycles. The van der Waals surface area contributed by atoms with Gasteiger partial charge in [-0.1, -0.05) is 60.1 Å². The zero-order chi connectivity index (χ0) is 42.0. The van der Waals surface area contributed by atoms with Gasteiger partial charge in [0.25, 0.3) is 0 Å². The van der Waals surface area contributed by atoms with Crippen LogP contribution in [0.3, 0.4) is 0 Å². The summed E-state index contributed by atoms with van der Waals surface area (Å²) in [5.74, 6) is -2.37. The van der Waals surface area contributed by atoms with Crippen LogP contribution in [0.4, 0.5) is 0 Å². The van der Waals surface area contributed by atoms with E-state index < -0.39 is 108 Å². The fourth-order valence-corrected chi connectivity index (χ4v) is 13.8.